The van der Waals surface area contributed by atoms with Crippen LogP contribution in [0.3, 0.4) is 0 Å². The van der Waals surface area contributed by atoms with Crippen molar-refractivity contribution in [2.45, 2.75) is 33.1 Å². The smallest absolute Gasteiger partial charge is 0.243 e. The van der Waals surface area contributed by atoms with Gasteiger partial charge in [0.1, 0.15) is 0 Å². The third kappa shape index (κ3) is 3.11. The van der Waals surface area contributed by atoms with Gasteiger partial charge in [-0.2, -0.15) is 0 Å². The zero-order chi connectivity index (χ0) is 8.20. The lowest BCUT2D eigenvalue weighted by atomic mass is 9.89. The molecule has 0 aliphatic heterocycles. The second kappa shape index (κ2) is 3.86. The zero-order valence-electron chi connectivity index (χ0n) is 6.40. The van der Waals surface area contributed by atoms with E-state index in [4.69, 9.17) is 5.11 Å². The minimum Gasteiger partial charge on any atom is -0.396 e. The van der Waals surface area contributed by atoms with E-state index in [0.29, 0.717) is 12.8 Å². The molecule has 0 spiro atoms. The Morgan fingerprint density at radius 3 is 2.20 bits per heavy atom. The van der Waals surface area contributed by atoms with Gasteiger partial charge in [0, 0.05) is 12.0 Å². The van der Waals surface area contributed by atoms with Crippen LogP contribution in [0.1, 0.15) is 26.7 Å². The number of aliphatic hydroxyl groups excluding tert-OH is 1. The highest BCUT2D eigenvalue weighted by Crippen LogP contribution is 2.29. The van der Waals surface area contributed by atoms with Crippen LogP contribution in [0.25, 0.3) is 0 Å². The van der Waals surface area contributed by atoms with E-state index in [2.05, 4.69) is 0 Å². The van der Waals surface area contributed by atoms with Crippen LogP contribution in [0, 0.1) is 5.41 Å². The Balaban J connectivity index is 3.63. The molecule has 0 radical (unpaired) electrons. The van der Waals surface area contributed by atoms with Crippen molar-refractivity contribution in [3.05, 3.63) is 0 Å². The molecule has 0 bridgehead atoms. The molecule has 1 nitrogen and oxygen atoms in total. The number of hydrogen-bond donors (Lipinski definition) is 1. The summed E-state index contributed by atoms with van der Waals surface area (Å²) in [4.78, 5) is 0. The molecule has 0 fully saturated rings. The second-order valence-corrected chi connectivity index (χ2v) is 3.12. The van der Waals surface area contributed by atoms with Gasteiger partial charge in [-0.25, -0.2) is 8.78 Å². The predicted molar refractivity (Wildman–Crippen MR) is 36.1 cm³/mol. The molecule has 10 heavy (non-hydrogen) atoms. The van der Waals surface area contributed by atoms with E-state index in [-0.39, 0.29) is 6.61 Å². The van der Waals surface area contributed by atoms with Gasteiger partial charge in [-0.1, -0.05) is 13.8 Å². The molecule has 0 aliphatic rings. The maximum absolute atomic E-state index is 12.1. The van der Waals surface area contributed by atoms with Crippen molar-refractivity contribution in [3.8, 4) is 0 Å². The molecule has 0 aromatic carbocycles. The van der Waals surface area contributed by atoms with E-state index in [1.54, 1.807) is 0 Å². The summed E-state index contributed by atoms with van der Waals surface area (Å²) in [6.07, 6.45) is -1.46. The van der Waals surface area contributed by atoms with Gasteiger partial charge in [0.15, 0.2) is 0 Å². The molecule has 0 aliphatic carbocycles. The molecule has 0 amide bonds. The fourth-order valence-corrected chi connectivity index (χ4v) is 0.644. The van der Waals surface area contributed by atoms with E-state index in [0.717, 1.165) is 0 Å². The van der Waals surface area contributed by atoms with Gasteiger partial charge in [0.2, 0.25) is 6.43 Å². The van der Waals surface area contributed by atoms with E-state index in [1.165, 1.54) is 13.8 Å². The lowest BCUT2D eigenvalue weighted by Gasteiger charge is -2.22. The standard InChI is InChI=1S/C7H14F2O/c1-7(2,6(8)9)4-3-5-10/h6,10H,3-5H2,1-2H3. The molecular weight excluding hydrogens is 138 g/mol. The Morgan fingerprint density at radius 2 is 1.90 bits per heavy atom. The highest BCUT2D eigenvalue weighted by molar-refractivity contribution is 4.70. The first-order valence-electron chi connectivity index (χ1n) is 3.39. The van der Waals surface area contributed by atoms with Gasteiger partial charge >= 0.3 is 0 Å². The van der Waals surface area contributed by atoms with Crippen LogP contribution >= 0.6 is 0 Å². The van der Waals surface area contributed by atoms with Gasteiger partial charge in [-0.05, 0) is 12.8 Å². The third-order valence-corrected chi connectivity index (χ3v) is 1.57. The van der Waals surface area contributed by atoms with Crippen LogP contribution < -0.4 is 0 Å². The Kier molecular flexibility index (Phi) is 3.79. The van der Waals surface area contributed by atoms with Crippen LogP contribution in [0.4, 0.5) is 8.78 Å². The monoisotopic (exact) mass is 152 g/mol. The summed E-state index contributed by atoms with van der Waals surface area (Å²) in [5.74, 6) is 0. The predicted octanol–water partition coefficient (Wildman–Crippen LogP) is 2.05. The topological polar surface area (TPSA) is 20.2 Å². The number of halogens is 2. The van der Waals surface area contributed by atoms with Crippen molar-refractivity contribution in [1.29, 1.82) is 0 Å². The zero-order valence-corrected chi connectivity index (χ0v) is 6.40. The molecular formula is C7H14F2O. The quantitative estimate of drug-likeness (QED) is 0.653. The lowest BCUT2D eigenvalue weighted by molar-refractivity contribution is 0.0102. The molecule has 0 saturated heterocycles. The van der Waals surface area contributed by atoms with Gasteiger partial charge in [-0.15, -0.1) is 0 Å². The Bertz CT molecular complexity index is 91.6. The fourth-order valence-electron chi connectivity index (χ4n) is 0.644. The first-order chi connectivity index (χ1) is 4.50. The fraction of sp³-hybridized carbons (Fsp3) is 1.00. The molecule has 0 atom stereocenters. The molecule has 1 N–H and O–H groups in total. The molecule has 3 heteroatoms. The number of aliphatic hydroxyl groups is 1. The van der Waals surface area contributed by atoms with Crippen molar-refractivity contribution >= 4 is 0 Å². The Morgan fingerprint density at radius 1 is 1.40 bits per heavy atom. The molecule has 0 aromatic heterocycles. The van der Waals surface area contributed by atoms with Gasteiger partial charge in [0.05, 0.1) is 0 Å². The maximum atomic E-state index is 12.1. The summed E-state index contributed by atoms with van der Waals surface area (Å²) in [6.45, 7) is 3.01. The second-order valence-electron chi connectivity index (χ2n) is 3.12. The Labute approximate surface area is 60.1 Å². The first kappa shape index (κ1) is 9.82. The normalized spacial score (nSPS) is 12.6. The lowest BCUT2D eigenvalue weighted by Crippen LogP contribution is -2.21. The molecule has 0 heterocycles. The number of alkyl halides is 2. The summed E-state index contributed by atoms with van der Waals surface area (Å²) < 4.78 is 24.1. The van der Waals surface area contributed by atoms with E-state index >= 15 is 0 Å². The maximum Gasteiger partial charge on any atom is 0.243 e. The van der Waals surface area contributed by atoms with Crippen molar-refractivity contribution in [2.24, 2.45) is 5.41 Å². The number of rotatable bonds is 4. The van der Waals surface area contributed by atoms with Crippen molar-refractivity contribution in [1.82, 2.24) is 0 Å². The summed E-state index contributed by atoms with van der Waals surface area (Å²) >= 11 is 0. The summed E-state index contributed by atoms with van der Waals surface area (Å²) in [5.41, 5.74) is -0.942. The molecule has 0 aromatic rings. The summed E-state index contributed by atoms with van der Waals surface area (Å²) in [7, 11) is 0. The van der Waals surface area contributed by atoms with E-state index in [9.17, 15) is 8.78 Å². The van der Waals surface area contributed by atoms with Crippen LogP contribution in [-0.2, 0) is 0 Å². The average Bonchev–Trinajstić information content (AvgIpc) is 1.84. The highest BCUT2D eigenvalue weighted by atomic mass is 19.3. The van der Waals surface area contributed by atoms with Crippen LogP contribution in [0.2, 0.25) is 0 Å². The van der Waals surface area contributed by atoms with Crippen molar-refractivity contribution in [2.75, 3.05) is 6.61 Å². The minimum absolute atomic E-state index is 0.00382. The molecule has 62 valence electrons. The van der Waals surface area contributed by atoms with E-state index < -0.39 is 11.8 Å². The average molecular weight is 152 g/mol. The van der Waals surface area contributed by atoms with Crippen LogP contribution in [-0.4, -0.2) is 18.1 Å². The van der Waals surface area contributed by atoms with Crippen molar-refractivity contribution < 1.29 is 13.9 Å². The summed E-state index contributed by atoms with van der Waals surface area (Å²) in [5, 5.41) is 8.37. The highest BCUT2D eigenvalue weighted by Gasteiger charge is 2.28. The number of hydrogen-bond acceptors (Lipinski definition) is 1. The van der Waals surface area contributed by atoms with Crippen molar-refractivity contribution in [3.63, 3.8) is 0 Å². The Hall–Kier alpha value is -0.180. The van der Waals surface area contributed by atoms with Crippen LogP contribution in [0.5, 0.6) is 0 Å². The van der Waals surface area contributed by atoms with Gasteiger partial charge in [0.25, 0.3) is 0 Å². The van der Waals surface area contributed by atoms with Gasteiger partial charge < -0.3 is 5.11 Å². The third-order valence-electron chi connectivity index (χ3n) is 1.57. The van der Waals surface area contributed by atoms with Crippen LogP contribution in [0.15, 0.2) is 0 Å². The summed E-state index contributed by atoms with van der Waals surface area (Å²) in [6, 6.07) is 0. The molecule has 0 saturated carbocycles. The SMILES string of the molecule is CC(C)(CCCO)C(F)F. The molecule has 0 rings (SSSR count). The largest absolute Gasteiger partial charge is 0.396 e. The molecule has 0 unspecified atom stereocenters. The minimum atomic E-state index is -2.29. The first-order valence-corrected chi connectivity index (χ1v) is 3.39. The van der Waals surface area contributed by atoms with Gasteiger partial charge in [-0.3, -0.25) is 0 Å². The van der Waals surface area contributed by atoms with E-state index in [1.807, 2.05) is 0 Å².